The first kappa shape index (κ1) is 15.0. The Morgan fingerprint density at radius 1 is 1.33 bits per heavy atom. The minimum Gasteiger partial charge on any atom is -0.469 e. The van der Waals surface area contributed by atoms with E-state index < -0.39 is 0 Å². The number of esters is 1. The molecule has 1 rings (SSSR count). The molecule has 0 aliphatic carbocycles. The Bertz CT molecular complexity index is 408. The van der Waals surface area contributed by atoms with Crippen LogP contribution in [0.5, 0.6) is 0 Å². The van der Waals surface area contributed by atoms with Crippen LogP contribution < -0.4 is 5.32 Å². The molecule has 6 heteroatoms. The van der Waals surface area contributed by atoms with Gasteiger partial charge >= 0.3 is 5.97 Å². The van der Waals surface area contributed by atoms with Gasteiger partial charge in [0.1, 0.15) is 0 Å². The molecule has 18 heavy (non-hydrogen) atoms. The molecule has 0 radical (unpaired) electrons. The van der Waals surface area contributed by atoms with Crippen molar-refractivity contribution in [2.45, 2.75) is 6.42 Å². The number of anilines is 1. The molecule has 0 aliphatic rings. The van der Waals surface area contributed by atoms with Crippen molar-refractivity contribution in [3.8, 4) is 0 Å². The quantitative estimate of drug-likeness (QED) is 0.643. The summed E-state index contributed by atoms with van der Waals surface area (Å²) in [5.41, 5.74) is 0.761. The molecule has 0 heterocycles. The highest BCUT2D eigenvalue weighted by atomic mass is 79.9. The maximum atomic E-state index is 11.6. The number of hydrogen-bond acceptors (Lipinski definition) is 4. The molecule has 0 saturated heterocycles. The van der Waals surface area contributed by atoms with Crippen molar-refractivity contribution < 1.29 is 14.3 Å². The molecular formula is C12H14BrNO3S. The number of halogens is 1. The van der Waals surface area contributed by atoms with Gasteiger partial charge in [-0.05, 0) is 24.3 Å². The molecule has 0 unspecified atom stereocenters. The lowest BCUT2D eigenvalue weighted by Crippen LogP contribution is -2.14. The summed E-state index contributed by atoms with van der Waals surface area (Å²) in [7, 11) is 1.35. The van der Waals surface area contributed by atoms with E-state index in [2.05, 4.69) is 26.0 Å². The number of carbonyl (C=O) groups excluding carboxylic acids is 2. The Kier molecular flexibility index (Phi) is 6.82. The van der Waals surface area contributed by atoms with Gasteiger partial charge in [-0.3, -0.25) is 9.59 Å². The van der Waals surface area contributed by atoms with Crippen LogP contribution in [0.15, 0.2) is 28.7 Å². The molecular weight excluding hydrogens is 318 g/mol. The topological polar surface area (TPSA) is 55.4 Å². The maximum absolute atomic E-state index is 11.6. The van der Waals surface area contributed by atoms with Crippen molar-refractivity contribution in [1.82, 2.24) is 0 Å². The van der Waals surface area contributed by atoms with Crippen LogP contribution in [-0.2, 0) is 14.3 Å². The Hall–Kier alpha value is -1.01. The molecule has 0 fully saturated rings. The zero-order valence-corrected chi connectivity index (χ0v) is 12.3. The van der Waals surface area contributed by atoms with Crippen LogP contribution in [0.4, 0.5) is 5.69 Å². The summed E-state index contributed by atoms with van der Waals surface area (Å²) in [6.07, 6.45) is 0.326. The number of rotatable bonds is 6. The van der Waals surface area contributed by atoms with Crippen molar-refractivity contribution in [2.75, 3.05) is 23.9 Å². The predicted molar refractivity (Wildman–Crippen MR) is 76.7 cm³/mol. The molecule has 98 valence electrons. The minimum atomic E-state index is -0.254. The van der Waals surface area contributed by atoms with E-state index in [0.29, 0.717) is 17.9 Å². The standard InChI is InChI=1S/C12H14BrNO3S/c1-17-12(16)6-7-18-8-11(15)14-10-4-2-9(13)3-5-10/h2-5H,6-8H2,1H3,(H,14,15). The lowest BCUT2D eigenvalue weighted by atomic mass is 10.3. The number of ether oxygens (including phenoxy) is 1. The lowest BCUT2D eigenvalue weighted by Gasteiger charge is -2.05. The molecule has 1 aromatic rings. The SMILES string of the molecule is COC(=O)CCSCC(=O)Nc1ccc(Br)cc1. The number of nitrogens with one attached hydrogen (secondary N) is 1. The van der Waals surface area contributed by atoms with Gasteiger partial charge in [-0.1, -0.05) is 15.9 Å². The highest BCUT2D eigenvalue weighted by molar-refractivity contribution is 9.10. The van der Waals surface area contributed by atoms with E-state index in [4.69, 9.17) is 0 Å². The second-order valence-corrected chi connectivity index (χ2v) is 5.45. The zero-order chi connectivity index (χ0) is 13.4. The number of hydrogen-bond donors (Lipinski definition) is 1. The van der Waals surface area contributed by atoms with Crippen LogP contribution >= 0.6 is 27.7 Å². The third-order valence-electron chi connectivity index (χ3n) is 2.04. The van der Waals surface area contributed by atoms with Crippen LogP contribution in [0.3, 0.4) is 0 Å². The monoisotopic (exact) mass is 331 g/mol. The number of benzene rings is 1. The largest absolute Gasteiger partial charge is 0.469 e. The average Bonchev–Trinajstić information content (AvgIpc) is 2.37. The van der Waals surface area contributed by atoms with Crippen molar-refractivity contribution >= 4 is 45.3 Å². The average molecular weight is 332 g/mol. The molecule has 4 nitrogen and oxygen atoms in total. The number of amides is 1. The van der Waals surface area contributed by atoms with E-state index in [1.165, 1.54) is 18.9 Å². The highest BCUT2D eigenvalue weighted by Crippen LogP contribution is 2.14. The summed E-state index contributed by atoms with van der Waals surface area (Å²) in [6.45, 7) is 0. The number of methoxy groups -OCH3 is 1. The number of thioether (sulfide) groups is 1. The molecule has 0 aromatic heterocycles. The van der Waals surface area contributed by atoms with E-state index in [0.717, 1.165) is 10.2 Å². The van der Waals surface area contributed by atoms with Crippen molar-refractivity contribution in [3.63, 3.8) is 0 Å². The summed E-state index contributed by atoms with van der Waals surface area (Å²) in [5, 5.41) is 2.77. The van der Waals surface area contributed by atoms with Crippen LogP contribution in [0.1, 0.15) is 6.42 Å². The minimum absolute atomic E-state index is 0.0767. The van der Waals surface area contributed by atoms with Gasteiger partial charge in [0.05, 0.1) is 19.3 Å². The second-order valence-electron chi connectivity index (χ2n) is 3.43. The fraction of sp³-hybridized carbons (Fsp3) is 0.333. The molecule has 1 amide bonds. The summed E-state index contributed by atoms with van der Waals surface area (Å²) in [5.74, 6) is 0.580. The van der Waals surface area contributed by atoms with Crippen molar-refractivity contribution in [1.29, 1.82) is 0 Å². The summed E-state index contributed by atoms with van der Waals surface area (Å²) >= 11 is 4.73. The second kappa shape index (κ2) is 8.16. The van der Waals surface area contributed by atoms with E-state index in [1.807, 2.05) is 24.3 Å². The van der Waals surface area contributed by atoms with Crippen LogP contribution in [-0.4, -0.2) is 30.5 Å². The Balaban J connectivity index is 2.21. The molecule has 0 bridgehead atoms. The molecule has 0 saturated carbocycles. The summed E-state index contributed by atoms with van der Waals surface area (Å²) in [6, 6.07) is 7.36. The van der Waals surface area contributed by atoms with Gasteiger partial charge in [-0.2, -0.15) is 11.8 Å². The molecule has 0 aliphatic heterocycles. The third kappa shape index (κ3) is 6.07. The van der Waals surface area contributed by atoms with Crippen molar-refractivity contribution in [3.05, 3.63) is 28.7 Å². The van der Waals surface area contributed by atoms with E-state index in [-0.39, 0.29) is 11.9 Å². The Labute approximate surface area is 119 Å². The van der Waals surface area contributed by atoms with Gasteiger partial charge in [-0.15, -0.1) is 0 Å². The lowest BCUT2D eigenvalue weighted by molar-refractivity contribution is -0.140. The highest BCUT2D eigenvalue weighted by Gasteiger charge is 2.04. The smallest absolute Gasteiger partial charge is 0.306 e. The van der Waals surface area contributed by atoms with Gasteiger partial charge in [-0.25, -0.2) is 0 Å². The Morgan fingerprint density at radius 2 is 2.00 bits per heavy atom. The molecule has 0 spiro atoms. The summed E-state index contributed by atoms with van der Waals surface area (Å²) in [4.78, 5) is 22.4. The first-order chi connectivity index (χ1) is 8.61. The van der Waals surface area contributed by atoms with Gasteiger partial charge < -0.3 is 10.1 Å². The molecule has 0 atom stereocenters. The van der Waals surface area contributed by atoms with Gasteiger partial charge in [0.25, 0.3) is 0 Å². The van der Waals surface area contributed by atoms with E-state index >= 15 is 0 Å². The predicted octanol–water partition coefficient (Wildman–Crippen LogP) is 2.68. The normalized spacial score (nSPS) is 9.89. The van der Waals surface area contributed by atoms with Gasteiger partial charge in [0, 0.05) is 15.9 Å². The first-order valence-corrected chi connectivity index (χ1v) is 7.26. The van der Waals surface area contributed by atoms with Gasteiger partial charge in [0.15, 0.2) is 0 Å². The third-order valence-corrected chi connectivity index (χ3v) is 3.53. The van der Waals surface area contributed by atoms with E-state index in [9.17, 15) is 9.59 Å². The van der Waals surface area contributed by atoms with Gasteiger partial charge in [0.2, 0.25) is 5.91 Å². The summed E-state index contributed by atoms with van der Waals surface area (Å²) < 4.78 is 5.47. The molecule has 1 N–H and O–H groups in total. The number of carbonyl (C=O) groups is 2. The zero-order valence-electron chi connectivity index (χ0n) is 9.94. The fourth-order valence-electron chi connectivity index (χ4n) is 1.15. The van der Waals surface area contributed by atoms with E-state index in [1.54, 1.807) is 0 Å². The Morgan fingerprint density at radius 3 is 2.61 bits per heavy atom. The maximum Gasteiger partial charge on any atom is 0.306 e. The van der Waals surface area contributed by atoms with Crippen LogP contribution in [0.2, 0.25) is 0 Å². The fourth-order valence-corrected chi connectivity index (χ4v) is 2.13. The van der Waals surface area contributed by atoms with Crippen LogP contribution in [0.25, 0.3) is 0 Å². The van der Waals surface area contributed by atoms with Crippen molar-refractivity contribution in [2.24, 2.45) is 0 Å². The molecule has 1 aromatic carbocycles. The van der Waals surface area contributed by atoms with Crippen LogP contribution in [0, 0.1) is 0 Å². The first-order valence-electron chi connectivity index (χ1n) is 5.32.